The minimum absolute atomic E-state index is 0.118. The van der Waals surface area contributed by atoms with Crippen LogP contribution in [0.4, 0.5) is 4.79 Å². The summed E-state index contributed by atoms with van der Waals surface area (Å²) < 4.78 is 26.3. The second-order valence-corrected chi connectivity index (χ2v) is 18.9. The van der Waals surface area contributed by atoms with Gasteiger partial charge in [-0.25, -0.2) is 4.79 Å². The molecule has 9 nitrogen and oxygen atoms in total. The number of urea groups is 1. The van der Waals surface area contributed by atoms with Crippen molar-refractivity contribution in [1.82, 2.24) is 10.6 Å². The summed E-state index contributed by atoms with van der Waals surface area (Å²) >= 11 is 0. The summed E-state index contributed by atoms with van der Waals surface area (Å²) in [4.78, 5) is 36.1. The molecular formula is C58H88N2O7. The molecule has 2 N–H and O–H groups in total. The van der Waals surface area contributed by atoms with Gasteiger partial charge in [-0.05, 0) is 77.6 Å². The molecule has 0 bridgehead atoms. The molecule has 1 aliphatic rings. The lowest BCUT2D eigenvalue weighted by Gasteiger charge is -2.19. The average Bonchev–Trinajstić information content (AvgIpc) is 3.32. The van der Waals surface area contributed by atoms with Crippen LogP contribution in [0.5, 0.6) is 23.0 Å². The molecule has 3 aromatic rings. The van der Waals surface area contributed by atoms with Crippen LogP contribution in [-0.2, 0) is 16.2 Å². The van der Waals surface area contributed by atoms with Crippen molar-refractivity contribution in [1.29, 1.82) is 0 Å². The quantitative estimate of drug-likeness (QED) is 0.0332. The third-order valence-electron chi connectivity index (χ3n) is 12.8. The van der Waals surface area contributed by atoms with E-state index < -0.39 is 17.8 Å². The third kappa shape index (κ3) is 22.9. The van der Waals surface area contributed by atoms with E-state index >= 15 is 0 Å². The predicted octanol–water partition coefficient (Wildman–Crippen LogP) is 16.1. The van der Waals surface area contributed by atoms with E-state index in [0.717, 1.165) is 66.4 Å². The first-order valence-corrected chi connectivity index (χ1v) is 27.0. The Morgan fingerprint density at radius 3 is 1.25 bits per heavy atom. The van der Waals surface area contributed by atoms with Crippen LogP contribution in [0, 0.1) is 0 Å². The van der Waals surface area contributed by atoms with Crippen molar-refractivity contribution in [2.45, 2.75) is 220 Å². The number of barbiturate groups is 1. The van der Waals surface area contributed by atoms with Crippen LogP contribution >= 0.6 is 0 Å². The van der Waals surface area contributed by atoms with E-state index in [-0.39, 0.29) is 5.57 Å². The lowest BCUT2D eigenvalue weighted by molar-refractivity contribution is -0.123. The van der Waals surface area contributed by atoms with Crippen molar-refractivity contribution in [3.8, 4) is 23.0 Å². The molecule has 0 unspecified atom stereocenters. The Bertz CT molecular complexity index is 1820. The molecule has 1 saturated heterocycles. The lowest BCUT2D eigenvalue weighted by Crippen LogP contribution is -2.51. The topological polar surface area (TPSA) is 112 Å². The van der Waals surface area contributed by atoms with Gasteiger partial charge < -0.3 is 18.9 Å². The number of nitrogens with one attached hydrogen (secondary N) is 2. The minimum Gasteiger partial charge on any atom is -0.490 e. The maximum atomic E-state index is 12.3. The zero-order chi connectivity index (χ0) is 47.6. The van der Waals surface area contributed by atoms with Crippen LogP contribution in [0.15, 0.2) is 54.1 Å². The molecule has 1 aliphatic heterocycles. The van der Waals surface area contributed by atoms with E-state index in [0.29, 0.717) is 43.5 Å². The summed E-state index contributed by atoms with van der Waals surface area (Å²) in [5, 5.41) is 6.11. The Hall–Kier alpha value is -4.53. The number of benzene rings is 3. The van der Waals surface area contributed by atoms with Gasteiger partial charge >= 0.3 is 6.03 Å². The molecule has 0 radical (unpaired) electrons. The van der Waals surface area contributed by atoms with Gasteiger partial charge in [0.05, 0.1) is 19.8 Å². The molecule has 0 saturated carbocycles. The van der Waals surface area contributed by atoms with Gasteiger partial charge in [-0.1, -0.05) is 212 Å². The van der Waals surface area contributed by atoms with E-state index in [9.17, 15) is 14.4 Å². The number of carbonyl (C=O) groups excluding carboxylic acids is 3. The zero-order valence-electron chi connectivity index (χ0n) is 42.1. The van der Waals surface area contributed by atoms with Gasteiger partial charge in [-0.3, -0.25) is 20.2 Å². The monoisotopic (exact) mass is 925 g/mol. The van der Waals surface area contributed by atoms with Gasteiger partial charge in [0, 0.05) is 0 Å². The van der Waals surface area contributed by atoms with Crippen molar-refractivity contribution >= 4 is 34.7 Å². The van der Waals surface area contributed by atoms with E-state index in [2.05, 4.69) is 43.5 Å². The molecule has 1 fully saturated rings. The number of imide groups is 2. The Morgan fingerprint density at radius 2 is 0.806 bits per heavy atom. The molecule has 9 heteroatoms. The summed E-state index contributed by atoms with van der Waals surface area (Å²) in [6.45, 7) is 9.03. The molecule has 1 heterocycles. The number of rotatable bonds is 40. The van der Waals surface area contributed by atoms with Gasteiger partial charge in [0.2, 0.25) is 5.75 Å². The Labute approximate surface area is 405 Å². The lowest BCUT2D eigenvalue weighted by atomic mass is 10.0. The highest BCUT2D eigenvalue weighted by Crippen LogP contribution is 2.40. The summed E-state index contributed by atoms with van der Waals surface area (Å²) in [6, 6.07) is 14.9. The first kappa shape index (κ1) is 55.1. The number of hydrogen-bond donors (Lipinski definition) is 2. The molecule has 0 aromatic heterocycles. The number of carbonyl (C=O) groups is 3. The number of amides is 4. The molecule has 67 heavy (non-hydrogen) atoms. The van der Waals surface area contributed by atoms with Crippen LogP contribution in [0.1, 0.15) is 225 Å². The largest absolute Gasteiger partial charge is 0.490 e. The van der Waals surface area contributed by atoms with Crippen molar-refractivity contribution < 1.29 is 33.3 Å². The Morgan fingerprint density at radius 1 is 0.418 bits per heavy atom. The van der Waals surface area contributed by atoms with Crippen molar-refractivity contribution in [3.05, 3.63) is 65.2 Å². The molecule has 372 valence electrons. The second-order valence-electron chi connectivity index (χ2n) is 18.9. The summed E-state index contributed by atoms with van der Waals surface area (Å²) in [7, 11) is 0. The number of ether oxygens (including phenoxy) is 4. The van der Waals surface area contributed by atoms with Gasteiger partial charge in [-0.2, -0.15) is 0 Å². The molecular weight excluding hydrogens is 837 g/mol. The van der Waals surface area contributed by atoms with Crippen LogP contribution in [0.3, 0.4) is 0 Å². The Kier molecular flexibility index (Phi) is 28.5. The standard InChI is InChI=1S/C58H88N2O7/c1-4-7-10-13-16-19-22-25-28-31-38-64-53-43-48(46-67-51-37-36-49-41-47(34-35-50(49)45-51)42-52-56(61)59-58(63)60-57(52)62)44-54(65-39-32-29-26-23-20-17-14-11-8-5-2)55(53)66-40-33-30-27-24-21-18-15-12-9-6-3/h34-37,41-45H,4-33,38-40,46H2,1-3H3,(H2,59,60,61,62,63). The third-order valence-corrected chi connectivity index (χ3v) is 12.8. The van der Waals surface area contributed by atoms with Crippen LogP contribution < -0.4 is 29.6 Å². The van der Waals surface area contributed by atoms with Crippen LogP contribution in [0.25, 0.3) is 16.8 Å². The maximum Gasteiger partial charge on any atom is 0.328 e. The molecule has 0 aliphatic carbocycles. The van der Waals surface area contributed by atoms with Crippen molar-refractivity contribution in [2.75, 3.05) is 19.8 Å². The SMILES string of the molecule is CCCCCCCCCCCCOc1cc(COc2ccc3cc(C=C4C(=O)NC(=O)NC4=O)ccc3c2)cc(OCCCCCCCCCCCC)c1OCCCCCCCCCCCC. The Balaban J connectivity index is 1.43. The van der Waals surface area contributed by atoms with E-state index in [1.165, 1.54) is 160 Å². The average molecular weight is 925 g/mol. The minimum atomic E-state index is -0.816. The highest BCUT2D eigenvalue weighted by atomic mass is 16.5. The molecule has 4 rings (SSSR count). The molecule has 4 amide bonds. The molecule has 3 aromatic carbocycles. The predicted molar refractivity (Wildman–Crippen MR) is 276 cm³/mol. The van der Waals surface area contributed by atoms with Crippen molar-refractivity contribution in [3.63, 3.8) is 0 Å². The fraction of sp³-hybridized carbons (Fsp3) is 0.638. The number of unbranched alkanes of at least 4 members (excludes halogenated alkanes) is 27. The maximum absolute atomic E-state index is 12.3. The van der Waals surface area contributed by atoms with E-state index in [1.54, 1.807) is 0 Å². The van der Waals surface area contributed by atoms with Crippen LogP contribution in [-0.4, -0.2) is 37.7 Å². The first-order valence-electron chi connectivity index (χ1n) is 27.0. The fourth-order valence-corrected chi connectivity index (χ4v) is 8.74. The zero-order valence-corrected chi connectivity index (χ0v) is 42.1. The fourth-order valence-electron chi connectivity index (χ4n) is 8.74. The first-order chi connectivity index (χ1) is 32.9. The highest BCUT2D eigenvalue weighted by Gasteiger charge is 2.27. The van der Waals surface area contributed by atoms with E-state index in [4.69, 9.17) is 18.9 Å². The molecule has 0 spiro atoms. The number of fused-ring (bicyclic) bond motifs is 1. The summed E-state index contributed by atoms with van der Waals surface area (Å²) in [5.41, 5.74) is 1.50. The number of hydrogen-bond acceptors (Lipinski definition) is 7. The summed E-state index contributed by atoms with van der Waals surface area (Å²) in [5.74, 6) is 1.45. The second kappa shape index (κ2) is 34.7. The van der Waals surface area contributed by atoms with Crippen LogP contribution in [0.2, 0.25) is 0 Å². The van der Waals surface area contributed by atoms with Gasteiger partial charge in [0.25, 0.3) is 11.8 Å². The highest BCUT2D eigenvalue weighted by molar-refractivity contribution is 6.31. The van der Waals surface area contributed by atoms with E-state index in [1.807, 2.05) is 36.4 Å². The van der Waals surface area contributed by atoms with Crippen molar-refractivity contribution in [2.24, 2.45) is 0 Å². The van der Waals surface area contributed by atoms with Gasteiger partial charge in [0.15, 0.2) is 11.5 Å². The van der Waals surface area contributed by atoms with Gasteiger partial charge in [0.1, 0.15) is 17.9 Å². The normalized spacial score (nSPS) is 12.6. The molecule has 0 atom stereocenters. The van der Waals surface area contributed by atoms with Gasteiger partial charge in [-0.15, -0.1) is 0 Å². The smallest absolute Gasteiger partial charge is 0.328 e. The summed E-state index contributed by atoms with van der Waals surface area (Å²) in [6.07, 6.45) is 39.7.